The maximum Gasteiger partial charge on any atom is 0.248 e. The van der Waals surface area contributed by atoms with Crippen LogP contribution in [0.1, 0.15) is 99.0 Å². The van der Waals surface area contributed by atoms with Gasteiger partial charge in [0.2, 0.25) is 47.3 Å². The Labute approximate surface area is 379 Å². The third kappa shape index (κ3) is 15.6. The van der Waals surface area contributed by atoms with Gasteiger partial charge in [-0.1, -0.05) is 44.2 Å². The first-order chi connectivity index (χ1) is 29.9. The highest BCUT2D eigenvalue weighted by atomic mass is 16.5. The van der Waals surface area contributed by atoms with Crippen LogP contribution in [0.5, 0.6) is 0 Å². The average Bonchev–Trinajstić information content (AvgIpc) is 3.25. The molecule has 2 unspecified atom stereocenters. The van der Waals surface area contributed by atoms with E-state index in [0.717, 1.165) is 29.7 Å². The molecule has 64 heavy (non-hydrogen) atoms. The molecule has 2 saturated heterocycles. The van der Waals surface area contributed by atoms with Gasteiger partial charge in [-0.2, -0.15) is 0 Å². The van der Waals surface area contributed by atoms with Crippen molar-refractivity contribution in [3.05, 3.63) is 35.9 Å². The van der Waals surface area contributed by atoms with E-state index in [4.69, 9.17) is 4.74 Å². The number of ether oxygens (including phenoxy) is 1. The maximum absolute atomic E-state index is 14.5. The Bertz CT molecular complexity index is 1780. The minimum atomic E-state index is -1.53. The van der Waals surface area contributed by atoms with Gasteiger partial charge in [0.05, 0.1) is 24.7 Å². The van der Waals surface area contributed by atoms with Crippen LogP contribution in [0.2, 0.25) is 0 Å². The Morgan fingerprint density at radius 1 is 0.750 bits per heavy atom. The Morgan fingerprint density at radius 3 is 1.94 bits per heavy atom. The van der Waals surface area contributed by atoms with Crippen molar-refractivity contribution >= 4 is 47.3 Å². The highest BCUT2D eigenvalue weighted by Gasteiger charge is 2.40. The molecule has 3 rings (SSSR count). The van der Waals surface area contributed by atoms with Crippen molar-refractivity contribution in [3.8, 4) is 0 Å². The molecule has 7 atom stereocenters. The van der Waals surface area contributed by atoms with Crippen molar-refractivity contribution in [2.45, 2.75) is 148 Å². The van der Waals surface area contributed by atoms with Crippen molar-refractivity contribution in [1.29, 1.82) is 0 Å². The second-order valence-corrected chi connectivity index (χ2v) is 18.7. The van der Waals surface area contributed by atoms with Gasteiger partial charge >= 0.3 is 0 Å². The van der Waals surface area contributed by atoms with Gasteiger partial charge < -0.3 is 50.3 Å². The monoisotopic (exact) mass is 899 g/mol. The Balaban J connectivity index is 2.11. The van der Waals surface area contributed by atoms with Crippen LogP contribution in [-0.2, 0) is 49.5 Å². The minimum Gasteiger partial charge on any atom is -0.391 e. The number of hydrogen-bond donors (Lipinski definition) is 4. The molecule has 2 aliphatic rings. The molecule has 0 spiro atoms. The second-order valence-electron chi connectivity index (χ2n) is 18.7. The summed E-state index contributed by atoms with van der Waals surface area (Å²) in [5, 5.41) is 19.0. The molecule has 18 heteroatoms. The van der Waals surface area contributed by atoms with Gasteiger partial charge in [0, 0.05) is 60.7 Å². The van der Waals surface area contributed by atoms with E-state index >= 15 is 0 Å². The van der Waals surface area contributed by atoms with Crippen LogP contribution in [0, 0.1) is 5.92 Å². The molecule has 4 N–H and O–H groups in total. The van der Waals surface area contributed by atoms with E-state index < -0.39 is 95.2 Å². The molecule has 2 fully saturated rings. The van der Waals surface area contributed by atoms with Crippen molar-refractivity contribution < 1.29 is 48.2 Å². The minimum absolute atomic E-state index is 0.0628. The summed E-state index contributed by atoms with van der Waals surface area (Å²) < 4.78 is 5.99. The summed E-state index contributed by atoms with van der Waals surface area (Å²) in [6, 6.07) is 1.32. The first kappa shape index (κ1) is 53.2. The number of amides is 8. The molecule has 1 aromatic rings. The lowest BCUT2D eigenvalue weighted by molar-refractivity contribution is -0.149. The number of likely N-dealkylation sites (tertiary alicyclic amines) is 1. The molecule has 358 valence electrons. The van der Waals surface area contributed by atoms with Crippen molar-refractivity contribution in [3.63, 3.8) is 0 Å². The smallest absolute Gasteiger partial charge is 0.248 e. The van der Waals surface area contributed by atoms with Gasteiger partial charge in [0.25, 0.3) is 0 Å². The maximum atomic E-state index is 14.5. The number of hydrogen-bond acceptors (Lipinski definition) is 10. The van der Waals surface area contributed by atoms with Crippen LogP contribution in [0.3, 0.4) is 0 Å². The van der Waals surface area contributed by atoms with Crippen LogP contribution in [0.15, 0.2) is 30.3 Å². The molecule has 0 radical (unpaired) electrons. The van der Waals surface area contributed by atoms with E-state index in [0.29, 0.717) is 13.1 Å². The second kappa shape index (κ2) is 24.3. The van der Waals surface area contributed by atoms with E-state index in [9.17, 15) is 43.5 Å². The Morgan fingerprint density at radius 2 is 1.36 bits per heavy atom. The normalized spacial score (nSPS) is 25.8. The van der Waals surface area contributed by atoms with Gasteiger partial charge in [-0.15, -0.1) is 0 Å². The Hall–Kier alpha value is -5.10. The quantitative estimate of drug-likeness (QED) is 0.291. The number of nitrogens with one attached hydrogen (secondary N) is 3. The fourth-order valence-electron chi connectivity index (χ4n) is 7.63. The molecule has 2 aliphatic heterocycles. The van der Waals surface area contributed by atoms with E-state index in [1.165, 1.54) is 49.7 Å². The standard InChI is InChI=1S/C46H74N8O10/c1-29(2)25-35-41(59)47-33(44(62)54-23-16-13-17-24-54)27-38(57)50(8)22-18-21-37(56)52(10)36(26-32-19-14-12-15-20-32)42(60)49-39(31(4)55)45(63)51(9)30(3)40(58)48-34(43(61)53(35)11)28-64-46(5,6)7/h12,14-15,19-20,29-31,33-36,39,55H,13,16-18,21-28H2,1-11H3,(H,47,59)(H,48,58)(H,49,60)/t30-,31?,33?,34-,35-,36-,39-/m0/s1. The molecule has 2 heterocycles. The summed E-state index contributed by atoms with van der Waals surface area (Å²) in [5.41, 5.74) is -0.0266. The van der Waals surface area contributed by atoms with E-state index in [2.05, 4.69) is 16.0 Å². The Kier molecular flexibility index (Phi) is 20.2. The zero-order chi connectivity index (χ0) is 48.1. The van der Waals surface area contributed by atoms with Gasteiger partial charge in [-0.05, 0) is 78.2 Å². The van der Waals surface area contributed by atoms with Crippen LogP contribution < -0.4 is 16.0 Å². The number of carbonyl (C=O) groups excluding carboxylic acids is 8. The SMILES string of the molecule is CC(C)C[C@H]1C(=O)NC(C(=O)N2CCCCC2)CC(=O)N(C)CCCC(=O)N(C)[C@@H](Cc2ccccc2)C(=O)N[C@@H](C(C)O)C(=O)N(C)[C@@H](C)C(=O)N[C@@H](COC(C)(C)C)C(=O)N1C. The molecule has 0 bridgehead atoms. The zero-order valence-corrected chi connectivity index (χ0v) is 39.8. The molecule has 0 saturated carbocycles. The van der Waals surface area contributed by atoms with Crippen molar-refractivity contribution in [2.75, 3.05) is 54.4 Å². The van der Waals surface area contributed by atoms with Crippen molar-refractivity contribution in [1.82, 2.24) is 40.4 Å². The molecule has 0 aromatic heterocycles. The van der Waals surface area contributed by atoms with Crippen LogP contribution >= 0.6 is 0 Å². The van der Waals surface area contributed by atoms with Crippen molar-refractivity contribution in [2.24, 2.45) is 5.92 Å². The molecule has 8 amide bonds. The number of likely N-dealkylation sites (N-methyl/N-ethyl adjacent to an activating group) is 3. The highest BCUT2D eigenvalue weighted by Crippen LogP contribution is 2.18. The van der Waals surface area contributed by atoms with Gasteiger partial charge in [0.15, 0.2) is 0 Å². The molecule has 18 nitrogen and oxygen atoms in total. The molecule has 0 aliphatic carbocycles. The van der Waals surface area contributed by atoms with Crippen LogP contribution in [0.25, 0.3) is 0 Å². The predicted octanol–water partition coefficient (Wildman–Crippen LogP) is 1.08. The molecular formula is C46H74N8O10. The average molecular weight is 899 g/mol. The number of benzene rings is 1. The number of rotatable bonds is 8. The molecular weight excluding hydrogens is 825 g/mol. The summed E-state index contributed by atoms with van der Waals surface area (Å²) in [6.07, 6.45) is 1.07. The number of aliphatic hydroxyl groups is 1. The van der Waals surface area contributed by atoms with E-state index in [1.807, 2.05) is 19.9 Å². The number of piperidine rings is 1. The third-order valence-electron chi connectivity index (χ3n) is 11.9. The van der Waals surface area contributed by atoms with Gasteiger partial charge in [-0.3, -0.25) is 38.4 Å². The van der Waals surface area contributed by atoms with Gasteiger partial charge in [0.1, 0.15) is 36.3 Å². The summed E-state index contributed by atoms with van der Waals surface area (Å²) in [5.74, 6) is -5.03. The largest absolute Gasteiger partial charge is 0.391 e. The lowest BCUT2D eigenvalue weighted by atomic mass is 10.00. The summed E-state index contributed by atoms with van der Waals surface area (Å²) in [7, 11) is 5.77. The summed E-state index contributed by atoms with van der Waals surface area (Å²) in [4.78, 5) is 119. The number of aliphatic hydroxyl groups excluding tert-OH is 1. The number of carbonyl (C=O) groups is 8. The van der Waals surface area contributed by atoms with Gasteiger partial charge in [-0.25, -0.2) is 0 Å². The van der Waals surface area contributed by atoms with E-state index in [1.54, 1.807) is 57.0 Å². The predicted molar refractivity (Wildman–Crippen MR) is 240 cm³/mol. The third-order valence-corrected chi connectivity index (χ3v) is 11.9. The fourth-order valence-corrected chi connectivity index (χ4v) is 7.63. The number of nitrogens with zero attached hydrogens (tertiary/aromatic N) is 5. The first-order valence-corrected chi connectivity index (χ1v) is 22.5. The van der Waals surface area contributed by atoms with Crippen LogP contribution in [0.4, 0.5) is 0 Å². The summed E-state index contributed by atoms with van der Waals surface area (Å²) in [6.45, 7) is 12.5. The fraction of sp³-hybridized carbons (Fsp3) is 0.696. The lowest BCUT2D eigenvalue weighted by Gasteiger charge is -2.36. The molecule has 1 aromatic carbocycles. The van der Waals surface area contributed by atoms with Crippen LogP contribution in [-0.4, -0.2) is 179 Å². The highest BCUT2D eigenvalue weighted by molar-refractivity contribution is 5.98. The first-order valence-electron chi connectivity index (χ1n) is 22.5. The lowest BCUT2D eigenvalue weighted by Crippen LogP contribution is -2.62. The summed E-state index contributed by atoms with van der Waals surface area (Å²) >= 11 is 0. The zero-order valence-electron chi connectivity index (χ0n) is 39.8. The topological polar surface area (TPSA) is 218 Å². The van der Waals surface area contributed by atoms with E-state index in [-0.39, 0.29) is 51.2 Å².